The van der Waals surface area contributed by atoms with Crippen molar-refractivity contribution in [3.05, 3.63) is 70.9 Å². The van der Waals surface area contributed by atoms with Gasteiger partial charge in [0.05, 0.1) is 12.7 Å². The fraction of sp³-hybridized carbons (Fsp3) is 0.385. The third kappa shape index (κ3) is 3.42. The van der Waals surface area contributed by atoms with Gasteiger partial charge in [-0.25, -0.2) is 0 Å². The first-order valence-electron chi connectivity index (χ1n) is 11.3. The Morgan fingerprint density at radius 3 is 2.35 bits per heavy atom. The molecule has 5 nitrogen and oxygen atoms in total. The van der Waals surface area contributed by atoms with Crippen LogP contribution in [0.4, 0.5) is 0 Å². The molecule has 3 aliphatic rings. The van der Waals surface area contributed by atoms with Crippen molar-refractivity contribution in [2.45, 2.75) is 51.1 Å². The molecule has 0 unspecified atom stereocenters. The Hall–Kier alpha value is -3.08. The zero-order chi connectivity index (χ0) is 21.4. The van der Waals surface area contributed by atoms with Gasteiger partial charge in [0.25, 0.3) is 11.8 Å². The van der Waals surface area contributed by atoms with Crippen LogP contribution < -0.4 is 4.74 Å². The smallest absolute Gasteiger partial charge is 0.278 e. The van der Waals surface area contributed by atoms with Gasteiger partial charge < -0.3 is 9.64 Å². The molecule has 2 aliphatic heterocycles. The zero-order valence-corrected chi connectivity index (χ0v) is 18.0. The van der Waals surface area contributed by atoms with Crippen LogP contribution in [0.5, 0.6) is 5.75 Å². The number of carbonyl (C=O) groups excluding carboxylic acids is 2. The quantitative estimate of drug-likeness (QED) is 0.702. The molecule has 2 aromatic rings. The fourth-order valence-electron chi connectivity index (χ4n) is 5.28. The highest BCUT2D eigenvalue weighted by Crippen LogP contribution is 2.40. The number of ether oxygens (including phenoxy) is 1. The number of fused-ring (bicyclic) bond motifs is 1. The molecule has 1 fully saturated rings. The van der Waals surface area contributed by atoms with Crippen LogP contribution in [0.1, 0.15) is 48.8 Å². The van der Waals surface area contributed by atoms with E-state index in [9.17, 15) is 9.59 Å². The monoisotopic (exact) mass is 416 g/mol. The maximum Gasteiger partial charge on any atom is 0.278 e. The van der Waals surface area contributed by atoms with Crippen LogP contribution >= 0.6 is 0 Å². The summed E-state index contributed by atoms with van der Waals surface area (Å²) in [5.74, 6) is 0.312. The molecule has 0 bridgehead atoms. The standard InChI is InChI=1S/C26H28N2O3/c1-31-22-14-8-7-13-21(22)23-24(27-16-15-18-9-5-6-10-19(18)17-27)26(30)28(25(23)29)20-11-3-2-4-12-20/h5-10,13-14,20H,2-4,11-12,15-17H2,1H3. The molecular weight excluding hydrogens is 388 g/mol. The lowest BCUT2D eigenvalue weighted by molar-refractivity contribution is -0.141. The van der Waals surface area contributed by atoms with E-state index in [1.807, 2.05) is 30.3 Å². The van der Waals surface area contributed by atoms with E-state index in [0.717, 1.165) is 38.6 Å². The van der Waals surface area contributed by atoms with Gasteiger partial charge in [0, 0.05) is 24.7 Å². The number of methoxy groups -OCH3 is 1. The second kappa shape index (κ2) is 8.22. The zero-order valence-electron chi connectivity index (χ0n) is 18.0. The highest BCUT2D eigenvalue weighted by molar-refractivity contribution is 6.36. The minimum Gasteiger partial charge on any atom is -0.496 e. The molecular formula is C26H28N2O3. The van der Waals surface area contributed by atoms with Gasteiger partial charge in [-0.1, -0.05) is 61.7 Å². The Balaban J connectivity index is 1.60. The normalized spacial score (nSPS) is 19.8. The molecule has 2 heterocycles. The van der Waals surface area contributed by atoms with Crippen molar-refractivity contribution < 1.29 is 14.3 Å². The van der Waals surface area contributed by atoms with Crippen molar-refractivity contribution in [2.24, 2.45) is 0 Å². The number of carbonyl (C=O) groups is 2. The van der Waals surface area contributed by atoms with Crippen LogP contribution in [-0.4, -0.2) is 41.3 Å². The Morgan fingerprint density at radius 1 is 0.871 bits per heavy atom. The van der Waals surface area contributed by atoms with E-state index in [-0.39, 0.29) is 17.9 Å². The summed E-state index contributed by atoms with van der Waals surface area (Å²) in [5, 5.41) is 0. The first-order valence-corrected chi connectivity index (χ1v) is 11.3. The minimum absolute atomic E-state index is 0.00645. The Kier molecular flexibility index (Phi) is 5.26. The van der Waals surface area contributed by atoms with E-state index in [1.54, 1.807) is 12.0 Å². The van der Waals surface area contributed by atoms with E-state index in [4.69, 9.17) is 4.74 Å². The van der Waals surface area contributed by atoms with Crippen LogP contribution in [0.15, 0.2) is 54.2 Å². The molecule has 5 rings (SSSR count). The van der Waals surface area contributed by atoms with Gasteiger partial charge >= 0.3 is 0 Å². The highest BCUT2D eigenvalue weighted by atomic mass is 16.5. The molecule has 1 aliphatic carbocycles. The maximum atomic E-state index is 13.8. The number of hydrogen-bond donors (Lipinski definition) is 0. The lowest BCUT2D eigenvalue weighted by Crippen LogP contribution is -2.44. The van der Waals surface area contributed by atoms with Crippen LogP contribution in [0.25, 0.3) is 5.57 Å². The van der Waals surface area contributed by atoms with Crippen molar-refractivity contribution in [1.82, 2.24) is 9.80 Å². The number of imide groups is 1. The van der Waals surface area contributed by atoms with E-state index in [1.165, 1.54) is 17.5 Å². The summed E-state index contributed by atoms with van der Waals surface area (Å²) in [5.41, 5.74) is 4.27. The first kappa shape index (κ1) is 19.9. The summed E-state index contributed by atoms with van der Waals surface area (Å²) in [7, 11) is 1.61. The van der Waals surface area contributed by atoms with Crippen LogP contribution in [0.2, 0.25) is 0 Å². The molecule has 0 aromatic heterocycles. The largest absolute Gasteiger partial charge is 0.496 e. The van der Waals surface area contributed by atoms with Gasteiger partial charge in [-0.2, -0.15) is 0 Å². The summed E-state index contributed by atoms with van der Waals surface area (Å²) >= 11 is 0. The summed E-state index contributed by atoms with van der Waals surface area (Å²) in [6, 6.07) is 15.9. The average molecular weight is 417 g/mol. The summed E-state index contributed by atoms with van der Waals surface area (Å²) in [6.45, 7) is 1.37. The number of amides is 2. The average Bonchev–Trinajstić information content (AvgIpc) is 3.09. The summed E-state index contributed by atoms with van der Waals surface area (Å²) < 4.78 is 5.58. The highest BCUT2D eigenvalue weighted by Gasteiger charge is 2.45. The van der Waals surface area contributed by atoms with Crippen LogP contribution in [-0.2, 0) is 22.6 Å². The van der Waals surface area contributed by atoms with E-state index >= 15 is 0 Å². The van der Waals surface area contributed by atoms with Crippen molar-refractivity contribution >= 4 is 17.4 Å². The van der Waals surface area contributed by atoms with Crippen molar-refractivity contribution in [2.75, 3.05) is 13.7 Å². The van der Waals surface area contributed by atoms with Gasteiger partial charge in [-0.05, 0) is 36.5 Å². The molecule has 5 heteroatoms. The Bertz CT molecular complexity index is 1050. The molecule has 1 saturated carbocycles. The van der Waals surface area contributed by atoms with E-state index in [2.05, 4.69) is 23.1 Å². The predicted octanol–water partition coefficient (Wildman–Crippen LogP) is 4.17. The van der Waals surface area contributed by atoms with Crippen molar-refractivity contribution in [1.29, 1.82) is 0 Å². The summed E-state index contributed by atoms with van der Waals surface area (Å²) in [6.07, 6.45) is 5.97. The topological polar surface area (TPSA) is 49.9 Å². The Labute approximate surface area is 183 Å². The lowest BCUT2D eigenvalue weighted by atomic mass is 9.94. The maximum absolute atomic E-state index is 13.8. The molecule has 0 radical (unpaired) electrons. The van der Waals surface area contributed by atoms with Gasteiger partial charge in [-0.3, -0.25) is 14.5 Å². The molecule has 2 aromatic carbocycles. The predicted molar refractivity (Wildman–Crippen MR) is 119 cm³/mol. The number of hydrogen-bond acceptors (Lipinski definition) is 4. The second-order valence-electron chi connectivity index (χ2n) is 8.64. The Morgan fingerprint density at radius 2 is 1.58 bits per heavy atom. The molecule has 0 spiro atoms. The number of rotatable bonds is 4. The van der Waals surface area contributed by atoms with Gasteiger partial charge in [0.1, 0.15) is 11.4 Å². The number of para-hydroxylation sites is 1. The van der Waals surface area contributed by atoms with Gasteiger partial charge in [0.15, 0.2) is 0 Å². The van der Waals surface area contributed by atoms with Crippen molar-refractivity contribution in [3.63, 3.8) is 0 Å². The van der Waals surface area contributed by atoms with Gasteiger partial charge in [-0.15, -0.1) is 0 Å². The minimum atomic E-state index is -0.171. The van der Waals surface area contributed by atoms with Crippen molar-refractivity contribution in [3.8, 4) is 5.75 Å². The summed E-state index contributed by atoms with van der Waals surface area (Å²) in [4.78, 5) is 31.2. The molecule has 2 amide bonds. The first-order chi connectivity index (χ1) is 15.2. The number of benzene rings is 2. The lowest BCUT2D eigenvalue weighted by Gasteiger charge is -2.33. The molecule has 31 heavy (non-hydrogen) atoms. The van der Waals surface area contributed by atoms with E-state index in [0.29, 0.717) is 29.1 Å². The molecule has 0 saturated heterocycles. The third-order valence-electron chi connectivity index (χ3n) is 6.85. The third-order valence-corrected chi connectivity index (χ3v) is 6.85. The number of nitrogens with zero attached hydrogens (tertiary/aromatic N) is 2. The SMILES string of the molecule is COc1ccccc1C1=C(N2CCc3ccccc3C2)C(=O)N(C2CCCCC2)C1=O. The van der Waals surface area contributed by atoms with Crippen LogP contribution in [0, 0.1) is 0 Å². The molecule has 0 N–H and O–H groups in total. The molecule has 0 atom stereocenters. The van der Waals surface area contributed by atoms with Gasteiger partial charge in [0.2, 0.25) is 0 Å². The van der Waals surface area contributed by atoms with Crippen LogP contribution in [0.3, 0.4) is 0 Å². The fourth-order valence-corrected chi connectivity index (χ4v) is 5.28. The second-order valence-corrected chi connectivity index (χ2v) is 8.64. The van der Waals surface area contributed by atoms with E-state index < -0.39 is 0 Å². The molecule has 160 valence electrons.